The third-order valence-corrected chi connectivity index (χ3v) is 4.26. The van der Waals surface area contributed by atoms with Crippen molar-refractivity contribution in [2.24, 2.45) is 0 Å². The fraction of sp³-hybridized carbons (Fsp3) is 0.875. The van der Waals surface area contributed by atoms with E-state index in [1.54, 1.807) is 6.92 Å². The number of amides is 1. The number of carbonyl (C=O) groups excluding carboxylic acids is 1. The van der Waals surface area contributed by atoms with Crippen molar-refractivity contribution in [3.05, 3.63) is 0 Å². The van der Waals surface area contributed by atoms with Gasteiger partial charge in [0.1, 0.15) is 0 Å². The van der Waals surface area contributed by atoms with Gasteiger partial charge in [-0.1, -0.05) is 0 Å². The predicted octanol–water partition coefficient (Wildman–Crippen LogP) is -0.234. The summed E-state index contributed by atoms with van der Waals surface area (Å²) in [6.07, 6.45) is 0.115. The highest BCUT2D eigenvalue weighted by atomic mass is 32.2. The SMILES string of the molecule is CCS(=O)(=O)N1CCC(NC(=O)OC)C1. The fourth-order valence-corrected chi connectivity index (χ4v) is 2.66. The number of hydrogen-bond acceptors (Lipinski definition) is 4. The molecule has 0 aliphatic carbocycles. The quantitative estimate of drug-likeness (QED) is 0.734. The van der Waals surface area contributed by atoms with E-state index in [1.807, 2.05) is 0 Å². The fourth-order valence-electron chi connectivity index (χ4n) is 1.51. The van der Waals surface area contributed by atoms with Crippen LogP contribution in [0.3, 0.4) is 0 Å². The third-order valence-electron chi connectivity index (χ3n) is 2.42. The number of nitrogens with one attached hydrogen (secondary N) is 1. The van der Waals surface area contributed by atoms with Crippen LogP contribution in [0.15, 0.2) is 0 Å². The number of sulfonamides is 1. The number of methoxy groups -OCH3 is 1. The molecule has 88 valence electrons. The summed E-state index contributed by atoms with van der Waals surface area (Å²) in [6, 6.07) is -0.140. The van der Waals surface area contributed by atoms with E-state index in [2.05, 4.69) is 10.1 Å². The second-order valence-electron chi connectivity index (χ2n) is 3.38. The van der Waals surface area contributed by atoms with Crippen LogP contribution in [0.5, 0.6) is 0 Å². The molecule has 1 atom stereocenters. The predicted molar refractivity (Wildman–Crippen MR) is 55.0 cm³/mol. The molecule has 0 saturated carbocycles. The number of hydrogen-bond donors (Lipinski definition) is 1. The Morgan fingerprint density at radius 2 is 2.27 bits per heavy atom. The van der Waals surface area contributed by atoms with E-state index in [0.717, 1.165) is 0 Å². The minimum atomic E-state index is -3.13. The van der Waals surface area contributed by atoms with Crippen LogP contribution in [0, 0.1) is 0 Å². The molecule has 0 bridgehead atoms. The van der Waals surface area contributed by atoms with Gasteiger partial charge in [-0.05, 0) is 13.3 Å². The second kappa shape index (κ2) is 4.80. The Bertz CT molecular complexity index is 328. The summed E-state index contributed by atoms with van der Waals surface area (Å²) >= 11 is 0. The number of carbonyl (C=O) groups is 1. The monoisotopic (exact) mass is 236 g/mol. The zero-order valence-corrected chi connectivity index (χ0v) is 9.71. The number of alkyl carbamates (subject to hydrolysis) is 1. The Labute approximate surface area is 89.6 Å². The lowest BCUT2D eigenvalue weighted by atomic mass is 10.3. The lowest BCUT2D eigenvalue weighted by Gasteiger charge is -2.15. The lowest BCUT2D eigenvalue weighted by molar-refractivity contribution is 0.167. The maximum atomic E-state index is 11.5. The zero-order valence-electron chi connectivity index (χ0n) is 8.89. The molecule has 0 aromatic rings. The van der Waals surface area contributed by atoms with Gasteiger partial charge in [-0.3, -0.25) is 0 Å². The van der Waals surface area contributed by atoms with Crippen molar-refractivity contribution >= 4 is 16.1 Å². The molecule has 1 unspecified atom stereocenters. The molecule has 6 nitrogen and oxygen atoms in total. The maximum Gasteiger partial charge on any atom is 0.407 e. The number of ether oxygens (including phenoxy) is 1. The lowest BCUT2D eigenvalue weighted by Crippen LogP contribution is -2.38. The molecule has 1 aliphatic heterocycles. The molecular formula is C8H16N2O4S. The van der Waals surface area contributed by atoms with Gasteiger partial charge in [0.25, 0.3) is 0 Å². The molecule has 0 aromatic heterocycles. The van der Waals surface area contributed by atoms with E-state index in [-0.39, 0.29) is 11.8 Å². The van der Waals surface area contributed by atoms with Crippen LogP contribution in [-0.4, -0.2) is 50.8 Å². The van der Waals surface area contributed by atoms with Gasteiger partial charge in [0.2, 0.25) is 10.0 Å². The molecule has 15 heavy (non-hydrogen) atoms. The Hall–Kier alpha value is -0.820. The van der Waals surface area contributed by atoms with Gasteiger partial charge < -0.3 is 10.1 Å². The Kier molecular flexibility index (Phi) is 3.92. The van der Waals surface area contributed by atoms with E-state index in [0.29, 0.717) is 19.5 Å². The van der Waals surface area contributed by atoms with E-state index < -0.39 is 16.1 Å². The van der Waals surface area contributed by atoms with E-state index in [9.17, 15) is 13.2 Å². The molecule has 1 N–H and O–H groups in total. The van der Waals surface area contributed by atoms with Gasteiger partial charge in [0, 0.05) is 19.1 Å². The molecular weight excluding hydrogens is 220 g/mol. The molecule has 0 aromatic carbocycles. The first-order valence-corrected chi connectivity index (χ1v) is 6.42. The summed E-state index contributed by atoms with van der Waals surface area (Å²) in [5.41, 5.74) is 0. The van der Waals surface area contributed by atoms with Crippen LogP contribution in [0.25, 0.3) is 0 Å². The van der Waals surface area contributed by atoms with Crippen LogP contribution >= 0.6 is 0 Å². The highest BCUT2D eigenvalue weighted by molar-refractivity contribution is 7.89. The summed E-state index contributed by atoms with van der Waals surface area (Å²) in [6.45, 7) is 2.41. The van der Waals surface area contributed by atoms with Gasteiger partial charge >= 0.3 is 6.09 Å². The molecule has 0 radical (unpaired) electrons. The zero-order chi connectivity index (χ0) is 11.5. The van der Waals surface area contributed by atoms with Gasteiger partial charge in [-0.15, -0.1) is 0 Å². The van der Waals surface area contributed by atoms with Crippen molar-refractivity contribution < 1.29 is 17.9 Å². The smallest absolute Gasteiger partial charge is 0.407 e. The Morgan fingerprint density at radius 3 is 2.80 bits per heavy atom. The van der Waals surface area contributed by atoms with Crippen LogP contribution < -0.4 is 5.32 Å². The summed E-state index contributed by atoms with van der Waals surface area (Å²) < 4.78 is 28.8. The molecule has 1 saturated heterocycles. The van der Waals surface area contributed by atoms with Crippen molar-refractivity contribution in [3.8, 4) is 0 Å². The molecule has 1 rings (SSSR count). The highest BCUT2D eigenvalue weighted by Crippen LogP contribution is 2.13. The average molecular weight is 236 g/mol. The van der Waals surface area contributed by atoms with Gasteiger partial charge in [0.05, 0.1) is 12.9 Å². The minimum absolute atomic E-state index is 0.0952. The first kappa shape index (κ1) is 12.3. The van der Waals surface area contributed by atoms with Gasteiger partial charge in [0.15, 0.2) is 0 Å². The van der Waals surface area contributed by atoms with Gasteiger partial charge in [-0.25, -0.2) is 13.2 Å². The first-order chi connectivity index (χ1) is 6.99. The van der Waals surface area contributed by atoms with Crippen LogP contribution in [0.2, 0.25) is 0 Å². The van der Waals surface area contributed by atoms with Crippen molar-refractivity contribution in [1.29, 1.82) is 0 Å². The molecule has 1 heterocycles. The van der Waals surface area contributed by atoms with Crippen molar-refractivity contribution in [2.75, 3.05) is 26.0 Å². The largest absolute Gasteiger partial charge is 0.453 e. The van der Waals surface area contributed by atoms with E-state index in [4.69, 9.17) is 0 Å². The average Bonchev–Trinajstić information content (AvgIpc) is 2.66. The first-order valence-electron chi connectivity index (χ1n) is 4.82. The summed E-state index contributed by atoms with van der Waals surface area (Å²) in [4.78, 5) is 10.9. The van der Waals surface area contributed by atoms with Crippen molar-refractivity contribution in [2.45, 2.75) is 19.4 Å². The number of rotatable bonds is 3. The molecule has 7 heteroatoms. The van der Waals surface area contributed by atoms with Crippen molar-refractivity contribution in [1.82, 2.24) is 9.62 Å². The van der Waals surface area contributed by atoms with E-state index in [1.165, 1.54) is 11.4 Å². The van der Waals surface area contributed by atoms with Crippen LogP contribution in [0.4, 0.5) is 4.79 Å². The molecule has 0 spiro atoms. The molecule has 1 amide bonds. The topological polar surface area (TPSA) is 75.7 Å². The highest BCUT2D eigenvalue weighted by Gasteiger charge is 2.30. The van der Waals surface area contributed by atoms with Crippen molar-refractivity contribution in [3.63, 3.8) is 0 Å². The standard InChI is InChI=1S/C8H16N2O4S/c1-3-15(12,13)10-5-4-7(6-10)9-8(11)14-2/h7H,3-6H2,1-2H3,(H,9,11). The van der Waals surface area contributed by atoms with Crippen LogP contribution in [-0.2, 0) is 14.8 Å². The molecule has 1 fully saturated rings. The molecule has 1 aliphatic rings. The number of nitrogens with zero attached hydrogens (tertiary/aromatic N) is 1. The van der Waals surface area contributed by atoms with E-state index >= 15 is 0 Å². The van der Waals surface area contributed by atoms with Crippen LogP contribution in [0.1, 0.15) is 13.3 Å². The Balaban J connectivity index is 2.50. The Morgan fingerprint density at radius 1 is 1.60 bits per heavy atom. The third kappa shape index (κ3) is 3.07. The summed E-state index contributed by atoms with van der Waals surface area (Å²) in [7, 11) is -1.85. The minimum Gasteiger partial charge on any atom is -0.453 e. The maximum absolute atomic E-state index is 11.5. The van der Waals surface area contributed by atoms with Gasteiger partial charge in [-0.2, -0.15) is 4.31 Å². The summed E-state index contributed by atoms with van der Waals surface area (Å²) in [5, 5.41) is 2.59. The summed E-state index contributed by atoms with van der Waals surface area (Å²) in [5.74, 6) is 0.0952. The second-order valence-corrected chi connectivity index (χ2v) is 5.64. The normalized spacial score (nSPS) is 22.7.